The van der Waals surface area contributed by atoms with Crippen LogP contribution in [-0.4, -0.2) is 11.7 Å². The molecule has 1 aliphatic carbocycles. The smallest absolute Gasteiger partial charge is 0.251 e. The first kappa shape index (κ1) is 6.01. The molecule has 3 heteroatoms. The summed E-state index contributed by atoms with van der Waals surface area (Å²) in [6.45, 7) is 0. The van der Waals surface area contributed by atoms with E-state index in [1.54, 1.807) is 6.08 Å². The number of primary amides is 1. The van der Waals surface area contributed by atoms with Gasteiger partial charge in [-0.15, -0.1) is 0 Å². The second-order valence-corrected chi connectivity index (χ2v) is 1.94. The lowest BCUT2D eigenvalue weighted by Crippen LogP contribution is -2.17. The van der Waals surface area contributed by atoms with Crippen molar-refractivity contribution in [2.45, 2.75) is 12.8 Å². The summed E-state index contributed by atoms with van der Waals surface area (Å²) in [6, 6.07) is 0. The summed E-state index contributed by atoms with van der Waals surface area (Å²) in [5.41, 5.74) is 5.04. The molecule has 48 valence electrons. The molecule has 9 heavy (non-hydrogen) atoms. The molecule has 0 aromatic heterocycles. The summed E-state index contributed by atoms with van der Waals surface area (Å²) >= 11 is 0. The van der Waals surface area contributed by atoms with Crippen LogP contribution in [0.2, 0.25) is 0 Å². The molecule has 0 bridgehead atoms. The van der Waals surface area contributed by atoms with E-state index in [9.17, 15) is 9.59 Å². The predicted octanol–water partition coefficient (Wildman–Crippen LogP) is -0.239. The highest BCUT2D eigenvalue weighted by Crippen LogP contribution is 2.12. The van der Waals surface area contributed by atoms with Gasteiger partial charge in [0.15, 0.2) is 5.78 Å². The van der Waals surface area contributed by atoms with Crippen LogP contribution in [0.5, 0.6) is 0 Å². The highest BCUT2D eigenvalue weighted by molar-refractivity contribution is 6.20. The van der Waals surface area contributed by atoms with Crippen LogP contribution in [0.4, 0.5) is 0 Å². The van der Waals surface area contributed by atoms with E-state index in [0.29, 0.717) is 12.8 Å². The van der Waals surface area contributed by atoms with Gasteiger partial charge in [0.2, 0.25) is 0 Å². The number of nitrogens with two attached hydrogens (primary N) is 1. The third-order valence-electron chi connectivity index (χ3n) is 1.29. The number of hydrogen-bond donors (Lipinski definition) is 1. The van der Waals surface area contributed by atoms with E-state index in [0.717, 1.165) is 0 Å². The summed E-state index contributed by atoms with van der Waals surface area (Å²) < 4.78 is 0. The molecular weight excluding hydrogens is 118 g/mol. The molecule has 0 heterocycles. The Labute approximate surface area is 52.5 Å². The lowest BCUT2D eigenvalue weighted by molar-refractivity contribution is -0.120. The number of carbonyl (C=O) groups excluding carboxylic acids is 2. The van der Waals surface area contributed by atoms with E-state index < -0.39 is 5.91 Å². The zero-order valence-electron chi connectivity index (χ0n) is 4.89. The van der Waals surface area contributed by atoms with Crippen LogP contribution in [0.25, 0.3) is 0 Å². The van der Waals surface area contributed by atoms with Gasteiger partial charge in [-0.2, -0.15) is 0 Å². The van der Waals surface area contributed by atoms with Crippen molar-refractivity contribution in [1.82, 2.24) is 0 Å². The SMILES string of the molecule is NC(=O)C1=CCCC1=O. The molecular formula is C6H7NO2. The molecule has 0 spiro atoms. The highest BCUT2D eigenvalue weighted by atomic mass is 16.2. The third kappa shape index (κ3) is 0.988. The molecule has 0 atom stereocenters. The van der Waals surface area contributed by atoms with Gasteiger partial charge in [-0.3, -0.25) is 9.59 Å². The highest BCUT2D eigenvalue weighted by Gasteiger charge is 2.18. The topological polar surface area (TPSA) is 60.2 Å². The van der Waals surface area contributed by atoms with Gasteiger partial charge in [0, 0.05) is 6.42 Å². The van der Waals surface area contributed by atoms with Gasteiger partial charge in [-0.25, -0.2) is 0 Å². The second kappa shape index (κ2) is 2.01. The first-order valence-corrected chi connectivity index (χ1v) is 2.75. The molecule has 1 rings (SSSR count). The van der Waals surface area contributed by atoms with Crippen molar-refractivity contribution in [2.24, 2.45) is 5.73 Å². The van der Waals surface area contributed by atoms with Crippen molar-refractivity contribution in [3.8, 4) is 0 Å². The fourth-order valence-corrected chi connectivity index (χ4v) is 0.834. The molecule has 0 fully saturated rings. The third-order valence-corrected chi connectivity index (χ3v) is 1.29. The summed E-state index contributed by atoms with van der Waals surface area (Å²) in [5, 5.41) is 0. The maximum atomic E-state index is 10.6. The van der Waals surface area contributed by atoms with Crippen molar-refractivity contribution >= 4 is 11.7 Å². The summed E-state index contributed by atoms with van der Waals surface area (Å²) in [6.07, 6.45) is 2.69. The van der Waals surface area contributed by atoms with Crippen LogP contribution in [0.1, 0.15) is 12.8 Å². The number of Topliss-reactive ketones (excluding diaryl/α,β-unsaturated/α-hetero) is 1. The van der Waals surface area contributed by atoms with Crippen LogP contribution < -0.4 is 5.73 Å². The molecule has 0 radical (unpaired) electrons. The first-order valence-electron chi connectivity index (χ1n) is 2.75. The Hall–Kier alpha value is -1.12. The Kier molecular flexibility index (Phi) is 1.34. The summed E-state index contributed by atoms with van der Waals surface area (Å²) in [5.74, 6) is -0.722. The Morgan fingerprint density at radius 2 is 2.33 bits per heavy atom. The molecule has 3 nitrogen and oxygen atoms in total. The number of ketones is 1. The average Bonchev–Trinajstić information content (AvgIpc) is 2.13. The largest absolute Gasteiger partial charge is 0.365 e. The molecule has 1 amide bonds. The Bertz CT molecular complexity index is 193. The predicted molar refractivity (Wildman–Crippen MR) is 31.5 cm³/mol. The zero-order valence-corrected chi connectivity index (χ0v) is 4.89. The van der Waals surface area contributed by atoms with Crippen LogP contribution in [0.3, 0.4) is 0 Å². The van der Waals surface area contributed by atoms with E-state index in [-0.39, 0.29) is 11.4 Å². The van der Waals surface area contributed by atoms with Gasteiger partial charge in [0.1, 0.15) is 0 Å². The maximum absolute atomic E-state index is 10.6. The molecule has 0 aliphatic heterocycles. The average molecular weight is 125 g/mol. The van der Waals surface area contributed by atoms with Gasteiger partial charge in [0.25, 0.3) is 5.91 Å². The lowest BCUT2D eigenvalue weighted by atomic mass is 10.2. The minimum absolute atomic E-state index is 0.123. The lowest BCUT2D eigenvalue weighted by Gasteiger charge is -1.88. The van der Waals surface area contributed by atoms with Crippen LogP contribution in [0.15, 0.2) is 11.6 Å². The van der Waals surface area contributed by atoms with Gasteiger partial charge in [-0.05, 0) is 6.42 Å². The molecule has 2 N–H and O–H groups in total. The number of allylic oxidation sites excluding steroid dienone is 1. The fraction of sp³-hybridized carbons (Fsp3) is 0.333. The number of amides is 1. The molecule has 0 saturated heterocycles. The van der Waals surface area contributed by atoms with E-state index in [1.165, 1.54) is 0 Å². The number of hydrogen-bond acceptors (Lipinski definition) is 2. The zero-order chi connectivity index (χ0) is 6.85. The van der Waals surface area contributed by atoms with E-state index in [4.69, 9.17) is 5.73 Å². The van der Waals surface area contributed by atoms with Gasteiger partial charge in [0.05, 0.1) is 5.57 Å². The molecule has 0 aromatic rings. The Balaban J connectivity index is 2.80. The van der Waals surface area contributed by atoms with Crippen LogP contribution >= 0.6 is 0 Å². The molecule has 0 unspecified atom stereocenters. The van der Waals surface area contributed by atoms with E-state index in [2.05, 4.69) is 0 Å². The molecule has 0 saturated carbocycles. The minimum Gasteiger partial charge on any atom is -0.365 e. The van der Waals surface area contributed by atoms with Crippen molar-refractivity contribution in [1.29, 1.82) is 0 Å². The van der Waals surface area contributed by atoms with Gasteiger partial charge >= 0.3 is 0 Å². The van der Waals surface area contributed by atoms with Gasteiger partial charge in [-0.1, -0.05) is 6.08 Å². The van der Waals surface area contributed by atoms with E-state index in [1.807, 2.05) is 0 Å². The number of rotatable bonds is 1. The van der Waals surface area contributed by atoms with Crippen molar-refractivity contribution in [3.63, 3.8) is 0 Å². The first-order chi connectivity index (χ1) is 4.22. The van der Waals surface area contributed by atoms with Crippen molar-refractivity contribution < 1.29 is 9.59 Å². The van der Waals surface area contributed by atoms with Crippen LogP contribution in [-0.2, 0) is 9.59 Å². The van der Waals surface area contributed by atoms with Gasteiger partial charge < -0.3 is 5.73 Å². The Morgan fingerprint density at radius 3 is 2.56 bits per heavy atom. The minimum atomic E-state index is -0.600. The van der Waals surface area contributed by atoms with E-state index >= 15 is 0 Å². The van der Waals surface area contributed by atoms with Crippen LogP contribution in [0, 0.1) is 0 Å². The molecule has 0 aromatic carbocycles. The normalized spacial score (nSPS) is 17.8. The van der Waals surface area contributed by atoms with Crippen molar-refractivity contribution in [3.05, 3.63) is 11.6 Å². The Morgan fingerprint density at radius 1 is 1.67 bits per heavy atom. The van der Waals surface area contributed by atoms with Crippen molar-refractivity contribution in [2.75, 3.05) is 0 Å². The summed E-state index contributed by atoms with van der Waals surface area (Å²) in [4.78, 5) is 21.0. The fourth-order valence-electron chi connectivity index (χ4n) is 0.834. The molecule has 1 aliphatic rings. The summed E-state index contributed by atoms with van der Waals surface area (Å²) in [7, 11) is 0. The second-order valence-electron chi connectivity index (χ2n) is 1.94. The monoisotopic (exact) mass is 125 g/mol. The number of carbonyl (C=O) groups is 2. The standard InChI is InChI=1S/C6H7NO2/c7-6(9)4-2-1-3-5(4)8/h2H,1,3H2,(H2,7,9). The quantitative estimate of drug-likeness (QED) is 0.492. The maximum Gasteiger partial charge on any atom is 0.251 e.